The number of rotatable bonds is 13. The number of alkyl carbamates (subject to hydrolysis) is 1. The van der Waals surface area contributed by atoms with Crippen molar-refractivity contribution in [3.8, 4) is 0 Å². The SMILES string of the molecule is CC(C)CCC[C@H](C)[C@@H]1CCC2C3CC=C4C[C@H](OC(=O)NCCC(O)CCOP=O)CC[C@@]4(C)C3CC[C@]21C. The molecule has 3 fully saturated rings. The molecule has 0 aliphatic heterocycles. The summed E-state index contributed by atoms with van der Waals surface area (Å²) < 4.78 is 20.9. The van der Waals surface area contributed by atoms with Crippen LogP contribution in [0.2, 0.25) is 0 Å². The monoisotopic (exact) mass is 577 g/mol. The molecule has 0 radical (unpaired) electrons. The minimum atomic E-state index is -0.599. The average molecular weight is 578 g/mol. The van der Waals surface area contributed by atoms with Crippen molar-refractivity contribution in [3.63, 3.8) is 0 Å². The van der Waals surface area contributed by atoms with E-state index < -0.39 is 12.2 Å². The van der Waals surface area contributed by atoms with E-state index in [1.165, 1.54) is 56.9 Å². The topological polar surface area (TPSA) is 84.9 Å². The Morgan fingerprint density at radius 2 is 1.88 bits per heavy atom. The second-order valence-electron chi connectivity index (χ2n) is 14.6. The highest BCUT2D eigenvalue weighted by molar-refractivity contribution is 7.17. The lowest BCUT2D eigenvalue weighted by Crippen LogP contribution is -2.51. The number of aliphatic hydroxyl groups excluding tert-OH is 1. The van der Waals surface area contributed by atoms with Crippen molar-refractivity contribution in [2.24, 2.45) is 46.3 Å². The van der Waals surface area contributed by atoms with E-state index in [1.807, 2.05) is 0 Å². The molecule has 0 heterocycles. The Labute approximate surface area is 245 Å². The number of carbonyl (C=O) groups excluding carboxylic acids is 1. The van der Waals surface area contributed by atoms with Gasteiger partial charge in [0.05, 0.1) is 12.7 Å². The Balaban J connectivity index is 1.29. The van der Waals surface area contributed by atoms with Gasteiger partial charge in [-0.05, 0) is 104 Å². The number of amides is 1. The molecule has 0 aromatic rings. The number of allylic oxidation sites excluding steroid dienone is 1. The fourth-order valence-electron chi connectivity index (χ4n) is 9.66. The van der Waals surface area contributed by atoms with Crippen LogP contribution in [0, 0.1) is 46.3 Å². The second kappa shape index (κ2) is 14.0. The number of nitrogens with one attached hydrogen (secondary N) is 1. The zero-order chi connectivity index (χ0) is 28.9. The highest BCUT2D eigenvalue weighted by Gasteiger charge is 2.59. The molecule has 9 atom stereocenters. The van der Waals surface area contributed by atoms with Crippen LogP contribution in [-0.4, -0.2) is 36.6 Å². The molecule has 228 valence electrons. The first-order valence-electron chi connectivity index (χ1n) is 16.3. The molecular weight excluding hydrogens is 521 g/mol. The summed E-state index contributed by atoms with van der Waals surface area (Å²) in [6.07, 6.45) is 16.1. The maximum Gasteiger partial charge on any atom is 0.407 e. The summed E-state index contributed by atoms with van der Waals surface area (Å²) in [5, 5.41) is 12.7. The number of hydrogen-bond donors (Lipinski definition) is 2. The van der Waals surface area contributed by atoms with Crippen molar-refractivity contribution in [2.75, 3.05) is 13.2 Å². The zero-order valence-electron chi connectivity index (χ0n) is 25.8. The van der Waals surface area contributed by atoms with E-state index in [2.05, 4.69) is 46.0 Å². The molecule has 4 aliphatic carbocycles. The van der Waals surface area contributed by atoms with Crippen LogP contribution in [0.3, 0.4) is 0 Å². The lowest BCUT2D eigenvalue weighted by atomic mass is 9.47. The van der Waals surface area contributed by atoms with Gasteiger partial charge in [-0.15, -0.1) is 0 Å². The quantitative estimate of drug-likeness (QED) is 0.130. The molecule has 3 saturated carbocycles. The maximum atomic E-state index is 12.5. The van der Waals surface area contributed by atoms with Gasteiger partial charge in [-0.3, -0.25) is 4.52 Å². The fraction of sp³-hybridized carbons (Fsp3) is 0.909. The van der Waals surface area contributed by atoms with Crippen molar-refractivity contribution in [2.45, 2.75) is 130 Å². The highest BCUT2D eigenvalue weighted by Crippen LogP contribution is 2.67. The smallest absolute Gasteiger partial charge is 0.407 e. The number of hydrogen-bond acceptors (Lipinski definition) is 5. The van der Waals surface area contributed by atoms with Crippen LogP contribution >= 0.6 is 8.69 Å². The predicted octanol–water partition coefficient (Wildman–Crippen LogP) is 8.49. The standard InChI is InChI=1S/C33H56NO5P/c1-22(2)7-6-8-23(3)28-11-12-29-27-10-9-24-21-26(13-17-32(24,4)30(27)14-18-33(28,29)5)39-31(36)34-19-15-25(35)16-20-38-40-37/h9,22-23,25-30,35H,6-8,10-21H2,1-5H3,(H,34,36)/t23-,25?,26+,27?,28-,29?,30?,32+,33-/m0/s1. The molecule has 0 aromatic heterocycles. The molecule has 6 nitrogen and oxygen atoms in total. The van der Waals surface area contributed by atoms with E-state index in [0.717, 1.165) is 54.8 Å². The van der Waals surface area contributed by atoms with Crippen LogP contribution in [0.1, 0.15) is 118 Å². The number of aliphatic hydroxyl groups is 1. The van der Waals surface area contributed by atoms with Crippen LogP contribution in [0.4, 0.5) is 4.79 Å². The highest BCUT2D eigenvalue weighted by atomic mass is 31.1. The summed E-state index contributed by atoms with van der Waals surface area (Å²) in [7, 11) is -0.374. The third-order valence-electron chi connectivity index (χ3n) is 11.9. The zero-order valence-corrected chi connectivity index (χ0v) is 26.7. The van der Waals surface area contributed by atoms with Gasteiger partial charge in [-0.1, -0.05) is 65.5 Å². The van der Waals surface area contributed by atoms with Crippen LogP contribution in [-0.2, 0) is 13.8 Å². The van der Waals surface area contributed by atoms with Gasteiger partial charge in [0, 0.05) is 13.0 Å². The number of fused-ring (bicyclic) bond motifs is 5. The molecule has 40 heavy (non-hydrogen) atoms. The summed E-state index contributed by atoms with van der Waals surface area (Å²) in [6.45, 7) is 13.0. The molecule has 2 N–H and O–H groups in total. The molecule has 0 saturated heterocycles. The molecule has 7 heteroatoms. The second-order valence-corrected chi connectivity index (χ2v) is 15.0. The molecule has 0 spiro atoms. The average Bonchev–Trinajstić information content (AvgIpc) is 3.26. The lowest BCUT2D eigenvalue weighted by Gasteiger charge is -2.58. The van der Waals surface area contributed by atoms with E-state index in [4.69, 9.17) is 9.26 Å². The van der Waals surface area contributed by atoms with E-state index in [0.29, 0.717) is 24.8 Å². The summed E-state index contributed by atoms with van der Waals surface area (Å²) in [5.41, 5.74) is 2.29. The van der Waals surface area contributed by atoms with Gasteiger partial charge in [0.25, 0.3) is 0 Å². The first kappa shape index (κ1) is 32.0. The van der Waals surface area contributed by atoms with Crippen LogP contribution in [0.25, 0.3) is 0 Å². The lowest BCUT2D eigenvalue weighted by molar-refractivity contribution is -0.0581. The largest absolute Gasteiger partial charge is 0.446 e. The van der Waals surface area contributed by atoms with Crippen molar-refractivity contribution in [1.29, 1.82) is 0 Å². The van der Waals surface area contributed by atoms with Crippen LogP contribution < -0.4 is 5.32 Å². The maximum absolute atomic E-state index is 12.5. The summed E-state index contributed by atoms with van der Waals surface area (Å²) >= 11 is 0. The van der Waals surface area contributed by atoms with Gasteiger partial charge < -0.3 is 15.2 Å². The predicted molar refractivity (Wildman–Crippen MR) is 160 cm³/mol. The molecule has 4 aliphatic rings. The fourth-order valence-corrected chi connectivity index (χ4v) is 9.84. The molecular formula is C33H56NO5P. The molecule has 0 aromatic carbocycles. The molecule has 4 rings (SSSR count). The van der Waals surface area contributed by atoms with Gasteiger partial charge in [0.2, 0.25) is 0 Å². The van der Waals surface area contributed by atoms with Crippen molar-refractivity contribution in [1.82, 2.24) is 5.32 Å². The Kier molecular flexibility index (Phi) is 11.2. The molecule has 1 amide bonds. The Bertz CT molecular complexity index is 894. The van der Waals surface area contributed by atoms with E-state index in [9.17, 15) is 14.5 Å². The first-order valence-corrected chi connectivity index (χ1v) is 17.1. The van der Waals surface area contributed by atoms with E-state index in [1.54, 1.807) is 0 Å². The van der Waals surface area contributed by atoms with Gasteiger partial charge in [-0.25, -0.2) is 9.36 Å². The minimum Gasteiger partial charge on any atom is -0.446 e. The summed E-state index contributed by atoms with van der Waals surface area (Å²) in [5.74, 6) is 4.98. The first-order chi connectivity index (χ1) is 19.1. The molecule has 0 bridgehead atoms. The van der Waals surface area contributed by atoms with E-state index >= 15 is 0 Å². The van der Waals surface area contributed by atoms with Crippen LogP contribution in [0.15, 0.2) is 11.6 Å². The van der Waals surface area contributed by atoms with Crippen LogP contribution in [0.5, 0.6) is 0 Å². The van der Waals surface area contributed by atoms with Crippen molar-refractivity contribution >= 4 is 14.8 Å². The van der Waals surface area contributed by atoms with Gasteiger partial charge >= 0.3 is 14.8 Å². The normalized spacial score (nSPS) is 36.8. The van der Waals surface area contributed by atoms with Gasteiger partial charge in [0.1, 0.15) is 6.10 Å². The van der Waals surface area contributed by atoms with Gasteiger partial charge in [-0.2, -0.15) is 0 Å². The minimum absolute atomic E-state index is 0.0679. The van der Waals surface area contributed by atoms with Crippen molar-refractivity contribution < 1.29 is 23.7 Å². The summed E-state index contributed by atoms with van der Waals surface area (Å²) in [4.78, 5) is 12.5. The third-order valence-corrected chi connectivity index (χ3v) is 12.2. The Hall–Kier alpha value is -0.970. The Morgan fingerprint density at radius 3 is 2.62 bits per heavy atom. The summed E-state index contributed by atoms with van der Waals surface area (Å²) in [6, 6.07) is 0. The van der Waals surface area contributed by atoms with Crippen molar-refractivity contribution in [3.05, 3.63) is 11.6 Å². The third kappa shape index (κ3) is 7.14. The Morgan fingerprint density at radius 1 is 1.07 bits per heavy atom. The van der Waals surface area contributed by atoms with Gasteiger partial charge in [0.15, 0.2) is 0 Å². The number of carbonyl (C=O) groups is 1. The van der Waals surface area contributed by atoms with E-state index in [-0.39, 0.29) is 26.8 Å². The number of ether oxygens (including phenoxy) is 1. The molecule has 4 unspecified atom stereocenters.